The molecule has 0 bridgehead atoms. The van der Waals surface area contributed by atoms with Gasteiger partial charge in [0.2, 0.25) is 0 Å². The van der Waals surface area contributed by atoms with E-state index in [2.05, 4.69) is 36.4 Å². The number of nitrogens with zero attached hydrogens (tertiary/aromatic N) is 1. The monoisotopic (exact) mass is 239 g/mol. The molecule has 0 amide bonds. The third kappa shape index (κ3) is 2.65. The average molecular weight is 239 g/mol. The van der Waals surface area contributed by atoms with Gasteiger partial charge in [-0.3, -0.25) is 4.90 Å². The van der Waals surface area contributed by atoms with Crippen molar-refractivity contribution in [3.05, 3.63) is 22.4 Å². The molecule has 2 nitrogen and oxygen atoms in total. The van der Waals surface area contributed by atoms with Crippen LogP contribution in [0.15, 0.2) is 17.5 Å². The fourth-order valence-electron chi connectivity index (χ4n) is 2.54. The van der Waals surface area contributed by atoms with Crippen molar-refractivity contribution in [2.24, 2.45) is 0 Å². The molecule has 1 N–H and O–H groups in total. The topological polar surface area (TPSA) is 23.5 Å². The third-order valence-corrected chi connectivity index (χ3v) is 4.74. The van der Waals surface area contributed by atoms with Crippen LogP contribution < -0.4 is 0 Å². The van der Waals surface area contributed by atoms with Gasteiger partial charge in [-0.15, -0.1) is 11.3 Å². The second kappa shape index (κ2) is 4.86. The molecule has 2 rings (SSSR count). The molecule has 1 aliphatic carbocycles. The Labute approximate surface area is 102 Å². The van der Waals surface area contributed by atoms with Crippen LogP contribution in [-0.4, -0.2) is 29.2 Å². The van der Waals surface area contributed by atoms with Crippen molar-refractivity contribution in [3.8, 4) is 0 Å². The molecule has 90 valence electrons. The molecule has 1 atom stereocenters. The zero-order valence-electron chi connectivity index (χ0n) is 10.1. The predicted molar refractivity (Wildman–Crippen MR) is 68.8 cm³/mol. The van der Waals surface area contributed by atoms with Gasteiger partial charge in [-0.25, -0.2) is 0 Å². The van der Waals surface area contributed by atoms with E-state index < -0.39 is 5.60 Å². The average Bonchev–Trinajstić information content (AvgIpc) is 2.87. The zero-order chi connectivity index (χ0) is 11.6. The summed E-state index contributed by atoms with van der Waals surface area (Å²) in [5, 5.41) is 12.5. The molecule has 0 radical (unpaired) electrons. The predicted octanol–water partition coefficient (Wildman–Crippen LogP) is 3.05. The second-order valence-electron chi connectivity index (χ2n) is 5.04. The van der Waals surface area contributed by atoms with E-state index in [0.717, 1.165) is 19.4 Å². The number of aliphatic hydroxyl groups is 1. The second-order valence-corrected chi connectivity index (χ2v) is 6.02. The molecule has 0 aromatic carbocycles. The molecule has 1 heterocycles. The van der Waals surface area contributed by atoms with E-state index in [1.165, 1.54) is 17.7 Å². The number of hydrogen-bond acceptors (Lipinski definition) is 3. The van der Waals surface area contributed by atoms with Crippen molar-refractivity contribution in [2.75, 3.05) is 13.6 Å². The molecule has 1 unspecified atom stereocenters. The van der Waals surface area contributed by atoms with Gasteiger partial charge in [0.1, 0.15) is 0 Å². The summed E-state index contributed by atoms with van der Waals surface area (Å²) >= 11 is 1.79. The number of thiophene rings is 1. The first kappa shape index (κ1) is 12.1. The Morgan fingerprint density at radius 1 is 1.50 bits per heavy atom. The molecule has 1 aliphatic rings. The lowest BCUT2D eigenvalue weighted by molar-refractivity contribution is 0.00731. The molecular weight excluding hydrogens is 218 g/mol. The minimum atomic E-state index is -0.430. The van der Waals surface area contributed by atoms with Crippen LogP contribution in [0, 0.1) is 0 Å². The van der Waals surface area contributed by atoms with Crippen molar-refractivity contribution >= 4 is 11.3 Å². The SMILES string of the molecule is CC(c1cccs1)N(C)CC1(O)CCCC1. The van der Waals surface area contributed by atoms with E-state index in [-0.39, 0.29) is 0 Å². The van der Waals surface area contributed by atoms with Crippen LogP contribution in [0.5, 0.6) is 0 Å². The lowest BCUT2D eigenvalue weighted by atomic mass is 10.0. The largest absolute Gasteiger partial charge is 0.389 e. The van der Waals surface area contributed by atoms with Crippen molar-refractivity contribution in [1.29, 1.82) is 0 Å². The normalized spacial score (nSPS) is 21.5. The van der Waals surface area contributed by atoms with E-state index in [9.17, 15) is 5.11 Å². The minimum Gasteiger partial charge on any atom is -0.389 e. The number of likely N-dealkylation sites (N-methyl/N-ethyl adjacent to an activating group) is 1. The highest BCUT2D eigenvalue weighted by atomic mass is 32.1. The molecular formula is C13H21NOS. The maximum absolute atomic E-state index is 10.4. The first-order chi connectivity index (χ1) is 7.61. The van der Waals surface area contributed by atoms with Crippen LogP contribution in [0.4, 0.5) is 0 Å². The minimum absolute atomic E-state index is 0.407. The fraction of sp³-hybridized carbons (Fsp3) is 0.692. The van der Waals surface area contributed by atoms with Crippen LogP contribution in [-0.2, 0) is 0 Å². The molecule has 0 spiro atoms. The maximum atomic E-state index is 10.4. The Morgan fingerprint density at radius 2 is 2.19 bits per heavy atom. The molecule has 3 heteroatoms. The molecule has 1 fully saturated rings. The molecule has 0 saturated heterocycles. The van der Waals surface area contributed by atoms with E-state index >= 15 is 0 Å². The van der Waals surface area contributed by atoms with Gasteiger partial charge in [0.25, 0.3) is 0 Å². The van der Waals surface area contributed by atoms with Gasteiger partial charge < -0.3 is 5.11 Å². The zero-order valence-corrected chi connectivity index (χ0v) is 11.0. The first-order valence-electron chi connectivity index (χ1n) is 6.07. The van der Waals surface area contributed by atoms with Crippen LogP contribution in [0.25, 0.3) is 0 Å². The highest BCUT2D eigenvalue weighted by molar-refractivity contribution is 7.10. The van der Waals surface area contributed by atoms with Gasteiger partial charge >= 0.3 is 0 Å². The fourth-order valence-corrected chi connectivity index (χ4v) is 3.39. The summed E-state index contributed by atoms with van der Waals surface area (Å²) in [6.07, 6.45) is 4.29. The van der Waals surface area contributed by atoms with Crippen molar-refractivity contribution in [2.45, 2.75) is 44.2 Å². The summed E-state index contributed by atoms with van der Waals surface area (Å²) in [6.45, 7) is 3.01. The van der Waals surface area contributed by atoms with E-state index in [4.69, 9.17) is 0 Å². The summed E-state index contributed by atoms with van der Waals surface area (Å²) in [5.74, 6) is 0. The lowest BCUT2D eigenvalue weighted by Crippen LogP contribution is -2.40. The van der Waals surface area contributed by atoms with E-state index in [1.807, 2.05) is 0 Å². The van der Waals surface area contributed by atoms with Gasteiger partial charge in [-0.2, -0.15) is 0 Å². The Balaban J connectivity index is 1.95. The van der Waals surface area contributed by atoms with Gasteiger partial charge in [0, 0.05) is 17.5 Å². The lowest BCUT2D eigenvalue weighted by Gasteiger charge is -2.32. The molecule has 1 saturated carbocycles. The quantitative estimate of drug-likeness (QED) is 0.873. The standard InChI is InChI=1S/C13H21NOS/c1-11(12-6-5-9-16-12)14(2)10-13(15)7-3-4-8-13/h5-6,9,11,15H,3-4,7-8,10H2,1-2H3. The Kier molecular flexibility index (Phi) is 3.67. The summed E-state index contributed by atoms with van der Waals surface area (Å²) in [6, 6.07) is 4.67. The highest BCUT2D eigenvalue weighted by Crippen LogP contribution is 2.32. The molecule has 16 heavy (non-hydrogen) atoms. The smallest absolute Gasteiger partial charge is 0.0774 e. The Morgan fingerprint density at radius 3 is 2.75 bits per heavy atom. The van der Waals surface area contributed by atoms with Gasteiger partial charge in [-0.1, -0.05) is 18.9 Å². The molecule has 1 aromatic heterocycles. The Hall–Kier alpha value is -0.380. The highest BCUT2D eigenvalue weighted by Gasteiger charge is 2.33. The first-order valence-corrected chi connectivity index (χ1v) is 6.95. The van der Waals surface area contributed by atoms with E-state index in [0.29, 0.717) is 6.04 Å². The van der Waals surface area contributed by atoms with Crippen molar-refractivity contribution < 1.29 is 5.11 Å². The summed E-state index contributed by atoms with van der Waals surface area (Å²) in [5.41, 5.74) is -0.430. The Bertz CT molecular complexity index is 317. The van der Waals surface area contributed by atoms with E-state index in [1.54, 1.807) is 11.3 Å². The maximum Gasteiger partial charge on any atom is 0.0774 e. The van der Waals surface area contributed by atoms with Crippen molar-refractivity contribution in [3.63, 3.8) is 0 Å². The van der Waals surface area contributed by atoms with Crippen molar-refractivity contribution in [1.82, 2.24) is 4.90 Å². The summed E-state index contributed by atoms with van der Waals surface area (Å²) in [7, 11) is 2.11. The number of rotatable bonds is 4. The molecule has 1 aromatic rings. The van der Waals surface area contributed by atoms with Gasteiger partial charge in [-0.05, 0) is 38.3 Å². The van der Waals surface area contributed by atoms with Crippen LogP contribution in [0.3, 0.4) is 0 Å². The van der Waals surface area contributed by atoms with Gasteiger partial charge in [0.15, 0.2) is 0 Å². The number of hydrogen-bond donors (Lipinski definition) is 1. The van der Waals surface area contributed by atoms with Crippen LogP contribution in [0.1, 0.15) is 43.5 Å². The van der Waals surface area contributed by atoms with Crippen LogP contribution in [0.2, 0.25) is 0 Å². The summed E-state index contributed by atoms with van der Waals surface area (Å²) in [4.78, 5) is 3.65. The third-order valence-electron chi connectivity index (χ3n) is 3.69. The molecule has 0 aliphatic heterocycles. The summed E-state index contributed by atoms with van der Waals surface area (Å²) < 4.78 is 0. The van der Waals surface area contributed by atoms with Gasteiger partial charge in [0.05, 0.1) is 5.60 Å². The van der Waals surface area contributed by atoms with Crippen LogP contribution >= 0.6 is 11.3 Å².